The second-order valence-electron chi connectivity index (χ2n) is 8.56. The molecule has 3 rings (SSSR count). The summed E-state index contributed by atoms with van der Waals surface area (Å²) >= 11 is 12.3. The van der Waals surface area contributed by atoms with Gasteiger partial charge in [-0.05, 0) is 55.7 Å². The van der Waals surface area contributed by atoms with Crippen LogP contribution >= 0.6 is 23.2 Å². The van der Waals surface area contributed by atoms with E-state index in [9.17, 15) is 18.0 Å². The fraction of sp³-hybridized carbons (Fsp3) is 0.286. The Morgan fingerprint density at radius 3 is 2.11 bits per heavy atom. The third kappa shape index (κ3) is 7.28. The van der Waals surface area contributed by atoms with E-state index >= 15 is 0 Å². The van der Waals surface area contributed by atoms with Gasteiger partial charge >= 0.3 is 0 Å². The highest BCUT2D eigenvalue weighted by atomic mass is 35.5. The highest BCUT2D eigenvalue weighted by Gasteiger charge is 2.33. The van der Waals surface area contributed by atoms with Crippen LogP contribution in [0.5, 0.6) is 0 Å². The number of carbonyl (C=O) groups is 2. The Morgan fingerprint density at radius 1 is 0.895 bits per heavy atom. The van der Waals surface area contributed by atoms with Crippen LogP contribution in [0.1, 0.15) is 25.8 Å². The third-order valence-electron chi connectivity index (χ3n) is 6.02. The Morgan fingerprint density at radius 2 is 1.53 bits per heavy atom. The van der Waals surface area contributed by atoms with Gasteiger partial charge in [0, 0.05) is 13.1 Å². The van der Waals surface area contributed by atoms with Gasteiger partial charge in [-0.25, -0.2) is 8.42 Å². The molecule has 0 bridgehead atoms. The zero-order valence-corrected chi connectivity index (χ0v) is 23.6. The van der Waals surface area contributed by atoms with Crippen molar-refractivity contribution in [3.05, 3.63) is 94.5 Å². The second kappa shape index (κ2) is 13.6. The van der Waals surface area contributed by atoms with Gasteiger partial charge in [0.25, 0.3) is 10.0 Å². The first kappa shape index (κ1) is 29.5. The number of benzene rings is 3. The first-order chi connectivity index (χ1) is 18.2. The molecule has 202 valence electrons. The second-order valence-corrected chi connectivity index (χ2v) is 11.2. The predicted octanol–water partition coefficient (Wildman–Crippen LogP) is 5.17. The average Bonchev–Trinajstić information content (AvgIpc) is 2.92. The fourth-order valence-corrected chi connectivity index (χ4v) is 5.80. The highest BCUT2D eigenvalue weighted by molar-refractivity contribution is 7.92. The summed E-state index contributed by atoms with van der Waals surface area (Å²) < 4.78 is 28.5. The molecule has 1 unspecified atom stereocenters. The number of hydrogen-bond acceptors (Lipinski definition) is 4. The van der Waals surface area contributed by atoms with E-state index in [1.807, 2.05) is 37.3 Å². The van der Waals surface area contributed by atoms with E-state index in [-0.39, 0.29) is 33.1 Å². The van der Waals surface area contributed by atoms with Gasteiger partial charge in [0.15, 0.2) is 0 Å². The van der Waals surface area contributed by atoms with Gasteiger partial charge in [-0.1, -0.05) is 78.7 Å². The van der Waals surface area contributed by atoms with E-state index in [1.54, 1.807) is 25.1 Å². The minimum atomic E-state index is -4.16. The number of carbonyl (C=O) groups excluding carboxylic acids is 2. The van der Waals surface area contributed by atoms with Gasteiger partial charge in [-0.2, -0.15) is 0 Å². The predicted molar refractivity (Wildman–Crippen MR) is 152 cm³/mol. The number of nitrogens with one attached hydrogen (secondary N) is 1. The molecule has 0 aromatic heterocycles. The summed E-state index contributed by atoms with van der Waals surface area (Å²) in [6.45, 7) is 3.74. The zero-order valence-electron chi connectivity index (χ0n) is 21.3. The lowest BCUT2D eigenvalue weighted by molar-refractivity contribution is -0.139. The lowest BCUT2D eigenvalue weighted by Gasteiger charge is -2.33. The van der Waals surface area contributed by atoms with Crippen molar-refractivity contribution in [2.75, 3.05) is 23.9 Å². The van der Waals surface area contributed by atoms with E-state index in [2.05, 4.69) is 5.32 Å². The molecule has 7 nitrogen and oxygen atoms in total. The number of likely N-dealkylation sites (N-methyl/N-ethyl adjacent to an activating group) is 1. The molecule has 0 aliphatic rings. The number of amides is 2. The van der Waals surface area contributed by atoms with Crippen molar-refractivity contribution in [2.45, 2.75) is 37.6 Å². The molecule has 2 amide bonds. The van der Waals surface area contributed by atoms with Crippen molar-refractivity contribution in [2.24, 2.45) is 0 Å². The quantitative estimate of drug-likeness (QED) is 0.322. The standard InChI is InChI=1S/C28H31Cl2N3O4S/c1-3-26(28(35)31-4-2)32(18-17-21-11-7-5-8-12-21)27(34)20-33(22-15-16-24(29)25(30)19-22)38(36,37)23-13-9-6-10-14-23/h5-16,19,26H,3-4,17-18,20H2,1-2H3,(H,31,35). The number of nitrogens with zero attached hydrogens (tertiary/aromatic N) is 2. The Labute approximate surface area is 234 Å². The van der Waals surface area contributed by atoms with Crippen LogP contribution in [0.4, 0.5) is 5.69 Å². The molecule has 38 heavy (non-hydrogen) atoms. The molecule has 0 radical (unpaired) electrons. The molecule has 0 spiro atoms. The molecule has 0 aliphatic carbocycles. The number of anilines is 1. The summed E-state index contributed by atoms with van der Waals surface area (Å²) in [6.07, 6.45) is 0.866. The van der Waals surface area contributed by atoms with Crippen LogP contribution in [0.15, 0.2) is 83.8 Å². The summed E-state index contributed by atoms with van der Waals surface area (Å²) in [6, 6.07) is 21.1. The lowest BCUT2D eigenvalue weighted by atomic mass is 10.1. The fourth-order valence-electron chi connectivity index (χ4n) is 4.08. The van der Waals surface area contributed by atoms with E-state index < -0.39 is 28.5 Å². The Hall–Kier alpha value is -3.07. The molecule has 0 saturated carbocycles. The van der Waals surface area contributed by atoms with Gasteiger partial charge in [0.05, 0.1) is 20.6 Å². The molecule has 0 heterocycles. The summed E-state index contributed by atoms with van der Waals surface area (Å²) in [5.41, 5.74) is 1.18. The van der Waals surface area contributed by atoms with Crippen LogP contribution in [0.3, 0.4) is 0 Å². The van der Waals surface area contributed by atoms with Crippen molar-refractivity contribution in [1.82, 2.24) is 10.2 Å². The van der Waals surface area contributed by atoms with Gasteiger partial charge in [-0.3, -0.25) is 13.9 Å². The molecular formula is C28H31Cl2N3O4S. The number of halogens is 2. The maximum absolute atomic E-state index is 13.9. The van der Waals surface area contributed by atoms with Gasteiger partial charge in [0.2, 0.25) is 11.8 Å². The van der Waals surface area contributed by atoms with Crippen molar-refractivity contribution >= 4 is 50.7 Å². The molecule has 1 N–H and O–H groups in total. The molecule has 3 aromatic rings. The van der Waals surface area contributed by atoms with Crippen LogP contribution in [0, 0.1) is 0 Å². The van der Waals surface area contributed by atoms with Gasteiger partial charge < -0.3 is 10.2 Å². The minimum Gasteiger partial charge on any atom is -0.355 e. The normalized spacial score (nSPS) is 12.0. The monoisotopic (exact) mass is 575 g/mol. The number of rotatable bonds is 12. The Balaban J connectivity index is 2.01. The highest BCUT2D eigenvalue weighted by Crippen LogP contribution is 2.30. The maximum atomic E-state index is 13.9. The zero-order chi connectivity index (χ0) is 27.7. The van der Waals surface area contributed by atoms with E-state index in [4.69, 9.17) is 23.2 Å². The number of sulfonamides is 1. The summed E-state index contributed by atoms with van der Waals surface area (Å²) in [4.78, 5) is 28.3. The van der Waals surface area contributed by atoms with Gasteiger partial charge in [-0.15, -0.1) is 0 Å². The molecule has 0 fully saturated rings. The van der Waals surface area contributed by atoms with E-state index in [0.717, 1.165) is 9.87 Å². The first-order valence-corrected chi connectivity index (χ1v) is 14.5. The molecule has 1 atom stereocenters. The van der Waals surface area contributed by atoms with Crippen LogP contribution in [-0.4, -0.2) is 50.8 Å². The smallest absolute Gasteiger partial charge is 0.264 e. The van der Waals surface area contributed by atoms with Crippen molar-refractivity contribution < 1.29 is 18.0 Å². The minimum absolute atomic E-state index is 0.0190. The Kier molecular flexibility index (Phi) is 10.6. The van der Waals surface area contributed by atoms with Crippen LogP contribution in [0.2, 0.25) is 10.0 Å². The lowest BCUT2D eigenvalue weighted by Crippen LogP contribution is -2.53. The van der Waals surface area contributed by atoms with Crippen LogP contribution < -0.4 is 9.62 Å². The van der Waals surface area contributed by atoms with E-state index in [0.29, 0.717) is 19.4 Å². The Bertz CT molecular complexity index is 1340. The van der Waals surface area contributed by atoms with E-state index in [1.165, 1.54) is 35.2 Å². The molecule has 3 aromatic carbocycles. The van der Waals surface area contributed by atoms with Crippen molar-refractivity contribution in [3.63, 3.8) is 0 Å². The molecule has 10 heteroatoms. The molecular weight excluding hydrogens is 545 g/mol. The van der Waals surface area contributed by atoms with Crippen LogP contribution in [-0.2, 0) is 26.0 Å². The van der Waals surface area contributed by atoms with Gasteiger partial charge in [0.1, 0.15) is 12.6 Å². The van der Waals surface area contributed by atoms with Crippen molar-refractivity contribution in [3.8, 4) is 0 Å². The summed E-state index contributed by atoms with van der Waals surface area (Å²) in [5, 5.41) is 3.20. The number of hydrogen-bond donors (Lipinski definition) is 1. The van der Waals surface area contributed by atoms with Crippen molar-refractivity contribution in [1.29, 1.82) is 0 Å². The topological polar surface area (TPSA) is 86.8 Å². The van der Waals surface area contributed by atoms with Crippen LogP contribution in [0.25, 0.3) is 0 Å². The first-order valence-electron chi connectivity index (χ1n) is 12.3. The molecule has 0 aliphatic heterocycles. The molecule has 0 saturated heterocycles. The summed E-state index contributed by atoms with van der Waals surface area (Å²) in [7, 11) is -4.16. The largest absolute Gasteiger partial charge is 0.355 e. The third-order valence-corrected chi connectivity index (χ3v) is 8.55. The summed E-state index contributed by atoms with van der Waals surface area (Å²) in [5.74, 6) is -0.798. The SMILES string of the molecule is CCNC(=O)C(CC)N(CCc1ccccc1)C(=O)CN(c1ccc(Cl)c(Cl)c1)S(=O)(=O)c1ccccc1. The maximum Gasteiger partial charge on any atom is 0.264 e. The average molecular weight is 577 g/mol.